The maximum absolute atomic E-state index is 14.2. The van der Waals surface area contributed by atoms with Crippen LogP contribution in [0.2, 0.25) is 0 Å². The summed E-state index contributed by atoms with van der Waals surface area (Å²) in [4.78, 5) is 4.78. The predicted molar refractivity (Wildman–Crippen MR) is 85.8 cm³/mol. The van der Waals surface area contributed by atoms with Gasteiger partial charge in [0.15, 0.2) is 0 Å². The Morgan fingerprint density at radius 3 is 2.70 bits per heavy atom. The molecule has 0 aromatic heterocycles. The van der Waals surface area contributed by atoms with Crippen molar-refractivity contribution in [2.24, 2.45) is 5.73 Å². The molecule has 1 aromatic rings. The van der Waals surface area contributed by atoms with E-state index in [9.17, 15) is 4.39 Å². The summed E-state index contributed by atoms with van der Waals surface area (Å²) < 4.78 is 14.2. The van der Waals surface area contributed by atoms with Gasteiger partial charge < -0.3 is 10.6 Å². The molecule has 2 rings (SSSR count). The summed E-state index contributed by atoms with van der Waals surface area (Å²) in [5, 5.41) is 0. The van der Waals surface area contributed by atoms with Crippen molar-refractivity contribution in [1.82, 2.24) is 4.90 Å². The topological polar surface area (TPSA) is 32.5 Å². The van der Waals surface area contributed by atoms with E-state index in [4.69, 9.17) is 18.0 Å². The Bertz CT molecular complexity index is 488. The van der Waals surface area contributed by atoms with E-state index in [0.717, 1.165) is 32.6 Å². The molecule has 0 aliphatic carbocycles. The van der Waals surface area contributed by atoms with E-state index in [1.807, 2.05) is 0 Å². The number of likely N-dealkylation sites (N-methyl/N-ethyl adjacent to an activating group) is 1. The average molecular weight is 295 g/mol. The third-order valence-corrected chi connectivity index (χ3v) is 4.30. The molecule has 5 heteroatoms. The van der Waals surface area contributed by atoms with Crippen LogP contribution in [0.3, 0.4) is 0 Å². The first-order valence-electron chi connectivity index (χ1n) is 7.15. The molecule has 110 valence electrons. The summed E-state index contributed by atoms with van der Waals surface area (Å²) in [5.74, 6) is -0.240. The van der Waals surface area contributed by atoms with Crippen molar-refractivity contribution < 1.29 is 4.39 Å². The molecule has 1 saturated heterocycles. The molecule has 20 heavy (non-hydrogen) atoms. The molecule has 0 saturated carbocycles. The van der Waals surface area contributed by atoms with E-state index in [1.165, 1.54) is 6.07 Å². The van der Waals surface area contributed by atoms with Crippen molar-refractivity contribution in [2.75, 3.05) is 31.1 Å². The van der Waals surface area contributed by atoms with E-state index in [2.05, 4.69) is 23.6 Å². The van der Waals surface area contributed by atoms with Gasteiger partial charge in [-0.3, -0.25) is 4.90 Å². The summed E-state index contributed by atoms with van der Waals surface area (Å²) in [5.41, 5.74) is 6.76. The summed E-state index contributed by atoms with van der Waals surface area (Å²) in [6.45, 7) is 8.19. The zero-order valence-electron chi connectivity index (χ0n) is 12.1. The molecule has 1 aromatic carbocycles. The molecule has 1 unspecified atom stereocenters. The van der Waals surface area contributed by atoms with Gasteiger partial charge in [-0.05, 0) is 37.7 Å². The van der Waals surface area contributed by atoms with Gasteiger partial charge in [0.2, 0.25) is 0 Å². The van der Waals surface area contributed by atoms with E-state index < -0.39 is 0 Å². The molecule has 1 fully saturated rings. The van der Waals surface area contributed by atoms with Gasteiger partial charge in [0.1, 0.15) is 10.8 Å². The molecule has 3 nitrogen and oxygen atoms in total. The second kappa shape index (κ2) is 6.50. The summed E-state index contributed by atoms with van der Waals surface area (Å²) in [7, 11) is 0. The van der Waals surface area contributed by atoms with Crippen LogP contribution in [0.5, 0.6) is 0 Å². The van der Waals surface area contributed by atoms with Crippen LogP contribution in [-0.4, -0.2) is 42.1 Å². The van der Waals surface area contributed by atoms with Crippen LogP contribution in [-0.2, 0) is 0 Å². The molecule has 2 N–H and O–H groups in total. The third kappa shape index (κ3) is 3.10. The maximum atomic E-state index is 14.2. The smallest absolute Gasteiger partial charge is 0.147 e. The van der Waals surface area contributed by atoms with Crippen molar-refractivity contribution in [2.45, 2.75) is 26.3 Å². The number of halogens is 1. The molecule has 1 heterocycles. The highest BCUT2D eigenvalue weighted by Crippen LogP contribution is 2.26. The molecule has 1 atom stereocenters. The number of hydrogen-bond donors (Lipinski definition) is 1. The highest BCUT2D eigenvalue weighted by atomic mass is 32.1. The fraction of sp³-hybridized carbons (Fsp3) is 0.533. The summed E-state index contributed by atoms with van der Waals surface area (Å²) >= 11 is 4.87. The van der Waals surface area contributed by atoms with E-state index in [-0.39, 0.29) is 10.8 Å². The van der Waals surface area contributed by atoms with E-state index in [0.29, 0.717) is 17.3 Å². The first kappa shape index (κ1) is 15.2. The number of hydrogen-bond acceptors (Lipinski definition) is 3. The zero-order valence-corrected chi connectivity index (χ0v) is 12.9. The van der Waals surface area contributed by atoms with Gasteiger partial charge in [0.05, 0.1) is 5.69 Å². The minimum Gasteiger partial charge on any atom is -0.389 e. The number of benzene rings is 1. The Hall–Kier alpha value is -1.20. The van der Waals surface area contributed by atoms with Gasteiger partial charge in [0.25, 0.3) is 0 Å². The molecule has 0 spiro atoms. The fourth-order valence-corrected chi connectivity index (χ4v) is 3.04. The average Bonchev–Trinajstić information content (AvgIpc) is 2.89. The SMILES string of the molecule is CCN(CC)C1CCN(c2ccc(C(N)=S)cc2F)C1. The van der Waals surface area contributed by atoms with Gasteiger partial charge in [-0.2, -0.15) is 0 Å². The summed E-state index contributed by atoms with van der Waals surface area (Å²) in [6, 6.07) is 5.53. The second-order valence-corrected chi connectivity index (χ2v) is 5.58. The molecule has 0 amide bonds. The normalized spacial score (nSPS) is 18.8. The molecule has 1 aliphatic heterocycles. The Kier molecular flexibility index (Phi) is 4.94. The van der Waals surface area contributed by atoms with Crippen molar-refractivity contribution >= 4 is 22.9 Å². The lowest BCUT2D eigenvalue weighted by Gasteiger charge is -2.26. The van der Waals surface area contributed by atoms with Crippen molar-refractivity contribution in [3.63, 3.8) is 0 Å². The largest absolute Gasteiger partial charge is 0.389 e. The number of thiocarbonyl (C=S) groups is 1. The lowest BCUT2D eigenvalue weighted by Crippen LogP contribution is -2.37. The highest BCUT2D eigenvalue weighted by Gasteiger charge is 2.27. The van der Waals surface area contributed by atoms with E-state index in [1.54, 1.807) is 12.1 Å². The lowest BCUT2D eigenvalue weighted by atomic mass is 10.2. The third-order valence-electron chi connectivity index (χ3n) is 4.07. The number of nitrogens with two attached hydrogens (primary N) is 1. The molecule has 1 aliphatic rings. The van der Waals surface area contributed by atoms with Crippen LogP contribution in [0.15, 0.2) is 18.2 Å². The minimum absolute atomic E-state index is 0.234. The van der Waals surface area contributed by atoms with Crippen LogP contribution in [0.25, 0.3) is 0 Å². The van der Waals surface area contributed by atoms with Crippen molar-refractivity contribution in [1.29, 1.82) is 0 Å². The van der Waals surface area contributed by atoms with Gasteiger partial charge in [0, 0.05) is 24.7 Å². The number of rotatable bonds is 5. The second-order valence-electron chi connectivity index (χ2n) is 5.14. The maximum Gasteiger partial charge on any atom is 0.147 e. The van der Waals surface area contributed by atoms with Crippen LogP contribution >= 0.6 is 12.2 Å². The van der Waals surface area contributed by atoms with Gasteiger partial charge in [-0.25, -0.2) is 4.39 Å². The Balaban J connectivity index is 2.12. The number of nitrogens with zero attached hydrogens (tertiary/aromatic N) is 2. The van der Waals surface area contributed by atoms with Gasteiger partial charge in [-0.15, -0.1) is 0 Å². The minimum atomic E-state index is -0.240. The molecular formula is C15H22FN3S. The Morgan fingerprint density at radius 1 is 1.45 bits per heavy atom. The number of anilines is 1. The van der Waals surface area contributed by atoms with Crippen LogP contribution in [0.4, 0.5) is 10.1 Å². The lowest BCUT2D eigenvalue weighted by molar-refractivity contribution is 0.232. The molecule has 0 radical (unpaired) electrons. The van der Waals surface area contributed by atoms with Crippen LogP contribution in [0, 0.1) is 5.82 Å². The van der Waals surface area contributed by atoms with E-state index >= 15 is 0 Å². The summed E-state index contributed by atoms with van der Waals surface area (Å²) in [6.07, 6.45) is 1.08. The Morgan fingerprint density at radius 2 is 2.15 bits per heavy atom. The Labute approximate surface area is 125 Å². The highest BCUT2D eigenvalue weighted by molar-refractivity contribution is 7.80. The fourth-order valence-electron chi connectivity index (χ4n) is 2.92. The predicted octanol–water partition coefficient (Wildman–Crippen LogP) is 2.38. The zero-order chi connectivity index (χ0) is 14.7. The van der Waals surface area contributed by atoms with Crippen molar-refractivity contribution in [3.8, 4) is 0 Å². The quantitative estimate of drug-likeness (QED) is 0.846. The first-order chi connectivity index (χ1) is 9.56. The van der Waals surface area contributed by atoms with Crippen LogP contribution in [0.1, 0.15) is 25.8 Å². The van der Waals surface area contributed by atoms with Gasteiger partial charge >= 0.3 is 0 Å². The molecule has 0 bridgehead atoms. The van der Waals surface area contributed by atoms with Crippen molar-refractivity contribution in [3.05, 3.63) is 29.6 Å². The first-order valence-corrected chi connectivity index (χ1v) is 7.56. The van der Waals surface area contributed by atoms with Gasteiger partial charge in [-0.1, -0.05) is 26.1 Å². The van der Waals surface area contributed by atoms with Crippen LogP contribution < -0.4 is 10.6 Å². The monoisotopic (exact) mass is 295 g/mol. The molecular weight excluding hydrogens is 273 g/mol. The standard InChI is InChI=1S/C15H22FN3S/c1-3-18(4-2)12-7-8-19(10-12)14-6-5-11(15(17)20)9-13(14)16/h5-6,9,12H,3-4,7-8,10H2,1-2H3,(H2,17,20).